The van der Waals surface area contributed by atoms with Crippen molar-refractivity contribution in [2.75, 3.05) is 12.8 Å². The van der Waals surface area contributed by atoms with Crippen LogP contribution in [0.1, 0.15) is 6.42 Å². The van der Waals surface area contributed by atoms with Gasteiger partial charge < -0.3 is 15.5 Å². The van der Waals surface area contributed by atoms with E-state index in [4.69, 9.17) is 5.73 Å². The highest BCUT2D eigenvalue weighted by Crippen LogP contribution is 2.14. The number of benzene rings is 1. The number of carbonyl (C=O) groups excluding carboxylic acids is 1. The van der Waals surface area contributed by atoms with Gasteiger partial charge in [0.25, 0.3) is 0 Å². The van der Waals surface area contributed by atoms with Crippen LogP contribution in [0, 0.1) is 0 Å². The Balaban J connectivity index is 2.38. The quantitative estimate of drug-likeness (QED) is 0.598. The monoisotopic (exact) mass is 235 g/mol. The van der Waals surface area contributed by atoms with Gasteiger partial charge in [0, 0.05) is 12.2 Å². The van der Waals surface area contributed by atoms with Crippen LogP contribution in [0.25, 0.3) is 11.0 Å². The highest BCUT2D eigenvalue weighted by atomic mass is 16.5. The number of hydrogen-bond donors (Lipinski definition) is 2. The predicted molar refractivity (Wildman–Crippen MR) is 63.6 cm³/mol. The number of hydrogen-bond acceptors (Lipinski definition) is 4. The Bertz CT molecular complexity index is 612. The number of nitrogens with zero attached hydrogens (tertiary/aromatic N) is 1. The number of H-pyrrole nitrogens is 1. The van der Waals surface area contributed by atoms with Crippen LogP contribution in [0.3, 0.4) is 0 Å². The van der Waals surface area contributed by atoms with Gasteiger partial charge in [0.15, 0.2) is 0 Å². The summed E-state index contributed by atoms with van der Waals surface area (Å²) in [4.78, 5) is 25.4. The molecule has 0 saturated carbocycles. The maximum Gasteiger partial charge on any atom is 0.326 e. The molecule has 0 fully saturated rings. The number of methoxy groups -OCH3 is 1. The zero-order chi connectivity index (χ0) is 12.4. The van der Waals surface area contributed by atoms with E-state index in [9.17, 15) is 9.59 Å². The number of aromatic amines is 1. The number of esters is 1. The lowest BCUT2D eigenvalue weighted by molar-refractivity contribution is -0.140. The van der Waals surface area contributed by atoms with E-state index in [-0.39, 0.29) is 24.6 Å². The molecule has 0 bridgehead atoms. The lowest BCUT2D eigenvalue weighted by Crippen LogP contribution is -2.18. The van der Waals surface area contributed by atoms with Gasteiger partial charge in [0.05, 0.1) is 24.6 Å². The van der Waals surface area contributed by atoms with E-state index in [2.05, 4.69) is 9.72 Å². The van der Waals surface area contributed by atoms with Crippen LogP contribution in [0.5, 0.6) is 0 Å². The number of nitrogens with two attached hydrogens (primary N) is 1. The first-order valence-corrected chi connectivity index (χ1v) is 5.16. The highest BCUT2D eigenvalue weighted by molar-refractivity contribution is 5.79. The summed E-state index contributed by atoms with van der Waals surface area (Å²) in [5, 5.41) is 0. The molecule has 90 valence electrons. The van der Waals surface area contributed by atoms with Gasteiger partial charge in [-0.2, -0.15) is 0 Å². The van der Waals surface area contributed by atoms with Crippen LogP contribution < -0.4 is 11.4 Å². The molecule has 0 saturated heterocycles. The zero-order valence-electron chi connectivity index (χ0n) is 9.40. The Hall–Kier alpha value is -2.24. The Labute approximate surface area is 97.0 Å². The van der Waals surface area contributed by atoms with Crippen molar-refractivity contribution in [1.29, 1.82) is 0 Å². The molecule has 0 atom stereocenters. The van der Waals surface area contributed by atoms with Crippen molar-refractivity contribution >= 4 is 22.7 Å². The van der Waals surface area contributed by atoms with Gasteiger partial charge in [-0.25, -0.2) is 4.79 Å². The van der Waals surface area contributed by atoms with Gasteiger partial charge in [-0.15, -0.1) is 0 Å². The number of ether oxygens (including phenoxy) is 1. The number of fused-ring (bicyclic) bond motifs is 1. The fourth-order valence-corrected chi connectivity index (χ4v) is 1.70. The molecule has 3 N–H and O–H groups in total. The number of imidazole rings is 1. The van der Waals surface area contributed by atoms with Gasteiger partial charge in [-0.05, 0) is 18.2 Å². The zero-order valence-corrected chi connectivity index (χ0v) is 9.40. The highest BCUT2D eigenvalue weighted by Gasteiger charge is 2.08. The first-order chi connectivity index (χ1) is 8.11. The largest absolute Gasteiger partial charge is 0.469 e. The third-order valence-electron chi connectivity index (χ3n) is 2.57. The SMILES string of the molecule is COC(=O)CCn1c(=O)[nH]c2ccc(N)cc21. The lowest BCUT2D eigenvalue weighted by Gasteiger charge is -2.02. The van der Waals surface area contributed by atoms with E-state index < -0.39 is 0 Å². The van der Waals surface area contributed by atoms with Crippen LogP contribution in [0.4, 0.5) is 5.69 Å². The van der Waals surface area contributed by atoms with Crippen molar-refractivity contribution in [2.24, 2.45) is 0 Å². The molecule has 1 aromatic heterocycles. The standard InChI is InChI=1S/C11H13N3O3/c1-17-10(15)4-5-14-9-6-7(12)2-3-8(9)13-11(14)16/h2-3,6H,4-5,12H2,1H3,(H,13,16). The maximum absolute atomic E-state index is 11.7. The Morgan fingerprint density at radius 2 is 2.29 bits per heavy atom. The van der Waals surface area contributed by atoms with Crippen molar-refractivity contribution < 1.29 is 9.53 Å². The molecule has 0 spiro atoms. The van der Waals surface area contributed by atoms with E-state index in [0.29, 0.717) is 16.7 Å². The number of carbonyl (C=O) groups is 1. The van der Waals surface area contributed by atoms with Crippen molar-refractivity contribution in [3.63, 3.8) is 0 Å². The second-order valence-electron chi connectivity index (χ2n) is 3.68. The fourth-order valence-electron chi connectivity index (χ4n) is 1.70. The average Bonchev–Trinajstić information content (AvgIpc) is 2.61. The Morgan fingerprint density at radius 1 is 1.53 bits per heavy atom. The molecule has 0 radical (unpaired) electrons. The Kier molecular flexibility index (Phi) is 2.86. The number of nitrogens with one attached hydrogen (secondary N) is 1. The topological polar surface area (TPSA) is 90.1 Å². The summed E-state index contributed by atoms with van der Waals surface area (Å²) >= 11 is 0. The fraction of sp³-hybridized carbons (Fsp3) is 0.273. The second-order valence-corrected chi connectivity index (χ2v) is 3.68. The molecule has 6 heteroatoms. The molecule has 6 nitrogen and oxygen atoms in total. The number of rotatable bonds is 3. The van der Waals surface area contributed by atoms with Gasteiger partial charge in [0.1, 0.15) is 0 Å². The van der Waals surface area contributed by atoms with Crippen LogP contribution in [-0.2, 0) is 16.1 Å². The number of anilines is 1. The summed E-state index contributed by atoms with van der Waals surface area (Å²) in [6.45, 7) is 0.273. The molecule has 0 aliphatic carbocycles. The third kappa shape index (κ3) is 2.15. The Morgan fingerprint density at radius 3 is 3.00 bits per heavy atom. The minimum atomic E-state index is -0.352. The van der Waals surface area contributed by atoms with Crippen LogP contribution in [-0.4, -0.2) is 22.6 Å². The van der Waals surface area contributed by atoms with Gasteiger partial charge in [0.2, 0.25) is 0 Å². The van der Waals surface area contributed by atoms with E-state index in [1.165, 1.54) is 11.7 Å². The summed E-state index contributed by atoms with van der Waals surface area (Å²) in [5.41, 5.74) is 7.38. The molecular weight excluding hydrogens is 222 g/mol. The molecule has 0 aliphatic rings. The van der Waals surface area contributed by atoms with Crippen LogP contribution >= 0.6 is 0 Å². The number of aryl methyl sites for hydroxylation is 1. The predicted octanol–water partition coefficient (Wildman–Crippen LogP) is 0.475. The smallest absolute Gasteiger partial charge is 0.326 e. The number of aromatic nitrogens is 2. The molecule has 0 amide bonds. The van der Waals surface area contributed by atoms with E-state index in [0.717, 1.165) is 0 Å². The van der Waals surface area contributed by atoms with Crippen molar-refractivity contribution in [3.8, 4) is 0 Å². The van der Waals surface area contributed by atoms with Gasteiger partial charge in [-0.1, -0.05) is 0 Å². The molecular formula is C11H13N3O3. The summed E-state index contributed by atoms with van der Waals surface area (Å²) < 4.78 is 6.01. The van der Waals surface area contributed by atoms with Gasteiger partial charge in [-0.3, -0.25) is 9.36 Å². The van der Waals surface area contributed by atoms with Crippen LogP contribution in [0.15, 0.2) is 23.0 Å². The molecule has 0 unspecified atom stereocenters. The van der Waals surface area contributed by atoms with Crippen molar-refractivity contribution in [2.45, 2.75) is 13.0 Å². The van der Waals surface area contributed by atoms with Crippen molar-refractivity contribution in [3.05, 3.63) is 28.7 Å². The maximum atomic E-state index is 11.7. The summed E-state index contributed by atoms with van der Waals surface area (Å²) in [7, 11) is 1.32. The van der Waals surface area contributed by atoms with Crippen molar-refractivity contribution in [1.82, 2.24) is 9.55 Å². The second kappa shape index (κ2) is 4.32. The van der Waals surface area contributed by atoms with E-state index in [1.807, 2.05) is 0 Å². The summed E-state index contributed by atoms with van der Waals surface area (Å²) in [6.07, 6.45) is 0.151. The molecule has 0 aliphatic heterocycles. The van der Waals surface area contributed by atoms with E-state index >= 15 is 0 Å². The van der Waals surface area contributed by atoms with Gasteiger partial charge >= 0.3 is 11.7 Å². The molecule has 1 heterocycles. The summed E-state index contributed by atoms with van der Waals surface area (Å²) in [5.74, 6) is -0.352. The first kappa shape index (κ1) is 11.3. The minimum Gasteiger partial charge on any atom is -0.469 e. The third-order valence-corrected chi connectivity index (χ3v) is 2.57. The molecule has 2 aromatic rings. The minimum absolute atomic E-state index is 0.151. The number of nitrogen functional groups attached to an aromatic ring is 1. The normalized spacial score (nSPS) is 10.6. The molecule has 2 rings (SSSR count). The molecule has 1 aromatic carbocycles. The first-order valence-electron chi connectivity index (χ1n) is 5.16. The summed E-state index contributed by atoms with van der Waals surface area (Å²) in [6, 6.07) is 5.15. The van der Waals surface area contributed by atoms with Crippen LogP contribution in [0.2, 0.25) is 0 Å². The lowest BCUT2D eigenvalue weighted by atomic mass is 10.3. The molecule has 17 heavy (non-hydrogen) atoms. The van der Waals surface area contributed by atoms with E-state index in [1.54, 1.807) is 18.2 Å². The average molecular weight is 235 g/mol.